The van der Waals surface area contributed by atoms with Gasteiger partial charge in [0, 0.05) is 19.2 Å². The molecular weight excluding hydrogens is 294 g/mol. The lowest BCUT2D eigenvalue weighted by Gasteiger charge is -2.21. The molecule has 3 unspecified atom stereocenters. The van der Waals surface area contributed by atoms with E-state index in [2.05, 4.69) is 5.32 Å². The summed E-state index contributed by atoms with van der Waals surface area (Å²) in [4.78, 5) is 23.5. The van der Waals surface area contributed by atoms with Crippen molar-refractivity contribution in [2.24, 2.45) is 17.8 Å². The van der Waals surface area contributed by atoms with Crippen LogP contribution >= 0.6 is 0 Å². The van der Waals surface area contributed by atoms with Crippen molar-refractivity contribution < 1.29 is 19.4 Å². The summed E-state index contributed by atoms with van der Waals surface area (Å²) in [6.07, 6.45) is 5.57. The summed E-state index contributed by atoms with van der Waals surface area (Å²) in [5, 5.41) is 12.0. The predicted molar refractivity (Wildman–Crippen MR) is 86.3 cm³/mol. The Balaban J connectivity index is 1.66. The first-order chi connectivity index (χ1) is 11.0. The van der Waals surface area contributed by atoms with Crippen LogP contribution in [0, 0.1) is 17.8 Å². The van der Waals surface area contributed by atoms with Crippen LogP contribution in [0.5, 0.6) is 0 Å². The lowest BCUT2D eigenvalue weighted by molar-refractivity contribution is -0.117. The van der Waals surface area contributed by atoms with Crippen LogP contribution < -0.4 is 5.32 Å². The van der Waals surface area contributed by atoms with Crippen LogP contribution in [0.15, 0.2) is 18.2 Å². The molecule has 0 radical (unpaired) electrons. The molecule has 23 heavy (non-hydrogen) atoms. The fourth-order valence-electron chi connectivity index (χ4n) is 4.21. The van der Waals surface area contributed by atoms with Gasteiger partial charge in [-0.3, -0.25) is 4.79 Å². The summed E-state index contributed by atoms with van der Waals surface area (Å²) in [5.41, 5.74) is 1.43. The van der Waals surface area contributed by atoms with E-state index in [0.29, 0.717) is 30.6 Å². The Morgan fingerprint density at radius 1 is 1.26 bits per heavy atom. The maximum atomic E-state index is 12.3. The first-order valence-corrected chi connectivity index (χ1v) is 8.21. The Morgan fingerprint density at radius 3 is 2.70 bits per heavy atom. The second-order valence-corrected chi connectivity index (χ2v) is 6.84. The zero-order valence-corrected chi connectivity index (χ0v) is 13.4. The van der Waals surface area contributed by atoms with E-state index in [9.17, 15) is 14.7 Å². The molecule has 0 heterocycles. The Kier molecular flexibility index (Phi) is 4.66. The van der Waals surface area contributed by atoms with E-state index < -0.39 is 5.97 Å². The quantitative estimate of drug-likeness (QED) is 0.844. The van der Waals surface area contributed by atoms with Crippen molar-refractivity contribution in [3.63, 3.8) is 0 Å². The lowest BCUT2D eigenvalue weighted by atomic mass is 9.86. The van der Waals surface area contributed by atoms with Crippen LogP contribution in [0.1, 0.15) is 48.0 Å². The van der Waals surface area contributed by atoms with Crippen LogP contribution in [0.25, 0.3) is 0 Å². The van der Waals surface area contributed by atoms with Gasteiger partial charge in [-0.2, -0.15) is 0 Å². The van der Waals surface area contributed by atoms with Gasteiger partial charge in [0.05, 0.1) is 12.2 Å². The fourth-order valence-corrected chi connectivity index (χ4v) is 4.21. The second-order valence-electron chi connectivity index (χ2n) is 6.84. The van der Waals surface area contributed by atoms with Gasteiger partial charge in [-0.15, -0.1) is 0 Å². The minimum atomic E-state index is -1.01. The molecular formula is C18H23NO4. The molecule has 2 fully saturated rings. The molecule has 3 rings (SSSR count). The van der Waals surface area contributed by atoms with E-state index in [-0.39, 0.29) is 11.5 Å². The van der Waals surface area contributed by atoms with Gasteiger partial charge >= 0.3 is 5.97 Å². The number of hydrogen-bond acceptors (Lipinski definition) is 3. The van der Waals surface area contributed by atoms with Crippen molar-refractivity contribution in [3.05, 3.63) is 29.3 Å². The van der Waals surface area contributed by atoms with Crippen LogP contribution in [0.4, 0.5) is 5.69 Å². The molecule has 124 valence electrons. The van der Waals surface area contributed by atoms with Crippen molar-refractivity contribution in [2.75, 3.05) is 12.4 Å². The Labute approximate surface area is 136 Å². The molecule has 1 aromatic carbocycles. The predicted octanol–water partition coefficient (Wildman–Crippen LogP) is 3.30. The minimum absolute atomic E-state index is 0.0199. The number of ether oxygens (including phenoxy) is 1. The number of fused-ring (bicyclic) bond motifs is 2. The maximum Gasteiger partial charge on any atom is 0.335 e. The Morgan fingerprint density at radius 2 is 2.09 bits per heavy atom. The van der Waals surface area contributed by atoms with Crippen molar-refractivity contribution >= 4 is 17.6 Å². The number of carboxylic acid groups (broad SMARTS) is 1. The second kappa shape index (κ2) is 6.71. The SMILES string of the molecule is COCc1cc(NC(=O)CC2CC3CCC2C3)cc(C(=O)O)c1. The van der Waals surface area contributed by atoms with Crippen LogP contribution in [-0.2, 0) is 16.1 Å². The molecule has 0 spiro atoms. The number of carboxylic acids is 1. The summed E-state index contributed by atoms with van der Waals surface area (Å²) in [6, 6.07) is 4.84. The zero-order chi connectivity index (χ0) is 16.4. The van der Waals surface area contributed by atoms with Crippen LogP contribution in [0.3, 0.4) is 0 Å². The molecule has 0 aromatic heterocycles. The number of benzene rings is 1. The summed E-state index contributed by atoms with van der Waals surface area (Å²) in [7, 11) is 1.56. The van der Waals surface area contributed by atoms with Gasteiger partial charge in [-0.05, 0) is 60.8 Å². The third-order valence-corrected chi connectivity index (χ3v) is 5.17. The molecule has 2 N–H and O–H groups in total. The molecule has 2 saturated carbocycles. The summed E-state index contributed by atoms with van der Waals surface area (Å²) in [6.45, 7) is 0.316. The monoisotopic (exact) mass is 317 g/mol. The number of amides is 1. The number of nitrogens with one attached hydrogen (secondary N) is 1. The number of carbonyl (C=O) groups excluding carboxylic acids is 1. The molecule has 2 bridgehead atoms. The number of aromatic carboxylic acids is 1. The lowest BCUT2D eigenvalue weighted by Crippen LogP contribution is -2.20. The molecule has 1 amide bonds. The third-order valence-electron chi connectivity index (χ3n) is 5.17. The third kappa shape index (κ3) is 3.72. The van der Waals surface area contributed by atoms with Crippen molar-refractivity contribution in [1.82, 2.24) is 0 Å². The highest BCUT2D eigenvalue weighted by atomic mass is 16.5. The normalized spacial score (nSPS) is 25.5. The van der Waals surface area contributed by atoms with E-state index in [4.69, 9.17) is 4.74 Å². The summed E-state index contributed by atoms with van der Waals surface area (Å²) in [5.74, 6) is 0.997. The first kappa shape index (κ1) is 16.0. The van der Waals surface area contributed by atoms with E-state index in [1.807, 2.05) is 0 Å². The number of methoxy groups -OCH3 is 1. The van der Waals surface area contributed by atoms with E-state index >= 15 is 0 Å². The van der Waals surface area contributed by atoms with E-state index in [0.717, 1.165) is 11.5 Å². The smallest absolute Gasteiger partial charge is 0.335 e. The minimum Gasteiger partial charge on any atom is -0.478 e. The van der Waals surface area contributed by atoms with Gasteiger partial charge in [0.1, 0.15) is 0 Å². The van der Waals surface area contributed by atoms with Gasteiger partial charge in [0.25, 0.3) is 0 Å². The maximum absolute atomic E-state index is 12.3. The molecule has 3 atom stereocenters. The highest BCUT2D eigenvalue weighted by Gasteiger charge is 2.40. The average molecular weight is 317 g/mol. The summed E-state index contributed by atoms with van der Waals surface area (Å²) >= 11 is 0. The number of carbonyl (C=O) groups is 2. The average Bonchev–Trinajstić information content (AvgIpc) is 3.09. The molecule has 0 aliphatic heterocycles. The Bertz CT molecular complexity index is 613. The van der Waals surface area contributed by atoms with Gasteiger partial charge in [-0.25, -0.2) is 4.79 Å². The van der Waals surface area contributed by atoms with Crippen molar-refractivity contribution in [2.45, 2.75) is 38.7 Å². The Hall–Kier alpha value is -1.88. The summed E-state index contributed by atoms with van der Waals surface area (Å²) < 4.78 is 5.06. The van der Waals surface area contributed by atoms with Crippen molar-refractivity contribution in [1.29, 1.82) is 0 Å². The van der Waals surface area contributed by atoms with Crippen LogP contribution in [-0.4, -0.2) is 24.1 Å². The molecule has 5 nitrogen and oxygen atoms in total. The highest BCUT2D eigenvalue weighted by molar-refractivity contribution is 5.94. The number of hydrogen-bond donors (Lipinski definition) is 2. The highest BCUT2D eigenvalue weighted by Crippen LogP contribution is 2.49. The number of anilines is 1. The topological polar surface area (TPSA) is 75.6 Å². The number of rotatable bonds is 6. The standard InChI is InChI=1S/C18H23NO4/c1-23-10-12-6-15(18(21)22)8-16(7-12)19-17(20)9-14-5-11-2-3-13(14)4-11/h6-8,11,13-14H,2-5,9-10H2,1H3,(H,19,20)(H,21,22). The van der Waals surface area contributed by atoms with Crippen molar-refractivity contribution in [3.8, 4) is 0 Å². The van der Waals surface area contributed by atoms with Gasteiger partial charge in [0.15, 0.2) is 0 Å². The molecule has 5 heteroatoms. The fraction of sp³-hybridized carbons (Fsp3) is 0.556. The van der Waals surface area contributed by atoms with Gasteiger partial charge < -0.3 is 15.2 Å². The van der Waals surface area contributed by atoms with E-state index in [1.54, 1.807) is 19.2 Å². The molecule has 2 aliphatic rings. The largest absolute Gasteiger partial charge is 0.478 e. The molecule has 1 aromatic rings. The van der Waals surface area contributed by atoms with Gasteiger partial charge in [-0.1, -0.05) is 6.42 Å². The van der Waals surface area contributed by atoms with Gasteiger partial charge in [0.2, 0.25) is 5.91 Å². The van der Waals surface area contributed by atoms with Crippen LogP contribution in [0.2, 0.25) is 0 Å². The zero-order valence-electron chi connectivity index (χ0n) is 13.4. The molecule has 0 saturated heterocycles. The van der Waals surface area contributed by atoms with E-state index in [1.165, 1.54) is 31.7 Å². The first-order valence-electron chi connectivity index (χ1n) is 8.21. The molecule has 2 aliphatic carbocycles.